The van der Waals surface area contributed by atoms with E-state index in [0.29, 0.717) is 5.92 Å². The maximum absolute atomic E-state index is 12.0. The Morgan fingerprint density at radius 3 is 2.81 bits per heavy atom. The number of nitrogens with zero attached hydrogens (tertiary/aromatic N) is 1. The van der Waals surface area contributed by atoms with Gasteiger partial charge >= 0.3 is 0 Å². The first kappa shape index (κ1) is 11.4. The van der Waals surface area contributed by atoms with Crippen molar-refractivity contribution in [1.82, 2.24) is 9.69 Å². The molecule has 0 aliphatic carbocycles. The Morgan fingerprint density at radius 2 is 2.19 bits per heavy atom. The summed E-state index contributed by atoms with van der Waals surface area (Å²) in [7, 11) is 0. The van der Waals surface area contributed by atoms with Crippen LogP contribution in [0, 0.1) is 5.92 Å². The standard InChI is InChI=1S/C11H17N3OS/c1-4-5-7-8-10(15)12-9(6(2)3)13-11(8)16-14-7/h6,9,13H,4-5H2,1-3H3,(H,12,15). The second-order valence-electron chi connectivity index (χ2n) is 4.42. The van der Waals surface area contributed by atoms with Crippen molar-refractivity contribution in [2.45, 2.75) is 39.8 Å². The summed E-state index contributed by atoms with van der Waals surface area (Å²) in [5.41, 5.74) is 1.68. The van der Waals surface area contributed by atoms with Gasteiger partial charge in [0.2, 0.25) is 0 Å². The predicted molar refractivity (Wildman–Crippen MR) is 65.8 cm³/mol. The van der Waals surface area contributed by atoms with Gasteiger partial charge < -0.3 is 10.6 Å². The molecule has 0 bridgehead atoms. The van der Waals surface area contributed by atoms with E-state index in [9.17, 15) is 4.79 Å². The lowest BCUT2D eigenvalue weighted by Crippen LogP contribution is -2.47. The van der Waals surface area contributed by atoms with Crippen molar-refractivity contribution in [3.05, 3.63) is 11.3 Å². The summed E-state index contributed by atoms with van der Waals surface area (Å²) in [4.78, 5) is 12.0. The number of nitrogens with one attached hydrogen (secondary N) is 2. The highest BCUT2D eigenvalue weighted by atomic mass is 32.1. The van der Waals surface area contributed by atoms with Crippen molar-refractivity contribution < 1.29 is 4.79 Å². The zero-order valence-corrected chi connectivity index (χ0v) is 10.6. The van der Waals surface area contributed by atoms with Crippen LogP contribution in [0.15, 0.2) is 0 Å². The van der Waals surface area contributed by atoms with Crippen molar-refractivity contribution in [2.75, 3.05) is 5.32 Å². The summed E-state index contributed by atoms with van der Waals surface area (Å²) in [6, 6.07) is 0. The first-order valence-corrected chi connectivity index (χ1v) is 6.46. The van der Waals surface area contributed by atoms with Crippen molar-refractivity contribution >= 4 is 22.4 Å². The lowest BCUT2D eigenvalue weighted by molar-refractivity contribution is 0.0925. The van der Waals surface area contributed by atoms with E-state index in [1.54, 1.807) is 0 Å². The van der Waals surface area contributed by atoms with E-state index in [0.717, 1.165) is 29.1 Å². The van der Waals surface area contributed by atoms with Crippen LogP contribution in [0.25, 0.3) is 0 Å². The summed E-state index contributed by atoms with van der Waals surface area (Å²) in [5, 5.41) is 7.23. The number of aryl methyl sites for hydroxylation is 1. The number of rotatable bonds is 3. The molecule has 0 saturated heterocycles. The van der Waals surface area contributed by atoms with Crippen molar-refractivity contribution in [1.29, 1.82) is 0 Å². The highest BCUT2D eigenvalue weighted by Crippen LogP contribution is 2.30. The van der Waals surface area contributed by atoms with Gasteiger partial charge in [0.25, 0.3) is 5.91 Å². The third kappa shape index (κ3) is 1.91. The topological polar surface area (TPSA) is 54.0 Å². The molecule has 16 heavy (non-hydrogen) atoms. The lowest BCUT2D eigenvalue weighted by Gasteiger charge is -2.28. The second-order valence-corrected chi connectivity index (χ2v) is 5.20. The number of carbonyl (C=O) groups is 1. The van der Waals surface area contributed by atoms with Gasteiger partial charge in [0.05, 0.1) is 11.3 Å². The average Bonchev–Trinajstić information content (AvgIpc) is 2.62. The quantitative estimate of drug-likeness (QED) is 0.850. The zero-order chi connectivity index (χ0) is 11.7. The molecule has 5 heteroatoms. The van der Waals surface area contributed by atoms with Gasteiger partial charge in [0.1, 0.15) is 11.2 Å². The monoisotopic (exact) mass is 239 g/mol. The SMILES string of the molecule is CCCc1nsc2c1C(=O)NC(C(C)C)N2. The predicted octanol–water partition coefficient (Wildman–Crippen LogP) is 2.23. The number of hydrogen-bond donors (Lipinski definition) is 2. The van der Waals surface area contributed by atoms with Gasteiger partial charge in [-0.25, -0.2) is 0 Å². The third-order valence-corrected chi connectivity index (χ3v) is 3.53. The van der Waals surface area contributed by atoms with Crippen LogP contribution >= 0.6 is 11.5 Å². The van der Waals surface area contributed by atoms with E-state index in [1.165, 1.54) is 11.5 Å². The molecule has 0 saturated carbocycles. The molecule has 4 nitrogen and oxygen atoms in total. The van der Waals surface area contributed by atoms with Crippen LogP contribution < -0.4 is 10.6 Å². The Morgan fingerprint density at radius 1 is 1.44 bits per heavy atom. The maximum Gasteiger partial charge on any atom is 0.257 e. The lowest BCUT2D eigenvalue weighted by atomic mass is 10.1. The fourth-order valence-corrected chi connectivity index (χ4v) is 2.65. The molecule has 1 aromatic rings. The minimum atomic E-state index is 0.0182. The van der Waals surface area contributed by atoms with E-state index in [-0.39, 0.29) is 12.1 Å². The number of amides is 1. The molecule has 1 unspecified atom stereocenters. The van der Waals surface area contributed by atoms with Crippen molar-refractivity contribution in [3.63, 3.8) is 0 Å². The van der Waals surface area contributed by atoms with Gasteiger partial charge in [-0.3, -0.25) is 4.79 Å². The number of aromatic nitrogens is 1. The van der Waals surface area contributed by atoms with Crippen LogP contribution in [-0.4, -0.2) is 16.4 Å². The van der Waals surface area contributed by atoms with E-state index in [2.05, 4.69) is 35.8 Å². The molecule has 2 heterocycles. The number of hydrogen-bond acceptors (Lipinski definition) is 4. The Hall–Kier alpha value is -1.10. The molecule has 2 N–H and O–H groups in total. The molecule has 1 aliphatic rings. The van der Waals surface area contributed by atoms with E-state index in [4.69, 9.17) is 0 Å². The van der Waals surface area contributed by atoms with Crippen molar-refractivity contribution in [2.24, 2.45) is 5.92 Å². The van der Waals surface area contributed by atoms with Crippen LogP contribution in [0.3, 0.4) is 0 Å². The van der Waals surface area contributed by atoms with Gasteiger partial charge in [-0.05, 0) is 23.9 Å². The number of carbonyl (C=O) groups excluding carboxylic acids is 1. The summed E-state index contributed by atoms with van der Waals surface area (Å²) in [6.07, 6.45) is 1.90. The summed E-state index contributed by atoms with van der Waals surface area (Å²) in [6.45, 7) is 6.25. The van der Waals surface area contributed by atoms with Crippen LogP contribution in [0.5, 0.6) is 0 Å². The van der Waals surface area contributed by atoms with Gasteiger partial charge in [-0.15, -0.1) is 0 Å². The molecule has 88 valence electrons. The van der Waals surface area contributed by atoms with Gasteiger partial charge in [-0.2, -0.15) is 4.37 Å². The Balaban J connectivity index is 2.29. The Labute approximate surface area is 99.6 Å². The highest BCUT2D eigenvalue weighted by Gasteiger charge is 2.29. The minimum absolute atomic E-state index is 0.0182. The zero-order valence-electron chi connectivity index (χ0n) is 9.83. The minimum Gasteiger partial charge on any atom is -0.355 e. The largest absolute Gasteiger partial charge is 0.355 e. The van der Waals surface area contributed by atoms with Gasteiger partial charge in [-0.1, -0.05) is 27.2 Å². The summed E-state index contributed by atoms with van der Waals surface area (Å²) >= 11 is 1.39. The normalized spacial score (nSPS) is 19.2. The molecule has 1 aliphatic heterocycles. The molecule has 1 atom stereocenters. The van der Waals surface area contributed by atoms with Crippen LogP contribution in [0.2, 0.25) is 0 Å². The summed E-state index contributed by atoms with van der Waals surface area (Å²) < 4.78 is 4.35. The molecule has 2 rings (SSSR count). The molecular weight excluding hydrogens is 222 g/mol. The van der Waals surface area contributed by atoms with Crippen LogP contribution in [0.1, 0.15) is 43.2 Å². The first-order valence-electron chi connectivity index (χ1n) is 5.69. The fourth-order valence-electron chi connectivity index (χ4n) is 1.79. The molecule has 1 amide bonds. The molecule has 0 fully saturated rings. The molecular formula is C11H17N3OS. The smallest absolute Gasteiger partial charge is 0.257 e. The van der Waals surface area contributed by atoms with Crippen LogP contribution in [0.4, 0.5) is 5.00 Å². The highest BCUT2D eigenvalue weighted by molar-refractivity contribution is 7.10. The molecule has 0 aromatic carbocycles. The van der Waals surface area contributed by atoms with Gasteiger partial charge in [0.15, 0.2) is 0 Å². The average molecular weight is 239 g/mol. The molecule has 0 spiro atoms. The van der Waals surface area contributed by atoms with Crippen LogP contribution in [-0.2, 0) is 6.42 Å². The summed E-state index contributed by atoms with van der Waals surface area (Å²) in [5.74, 6) is 0.387. The number of fused-ring (bicyclic) bond motifs is 1. The molecule has 0 radical (unpaired) electrons. The Bertz CT molecular complexity index is 400. The van der Waals surface area contributed by atoms with E-state index in [1.807, 2.05) is 0 Å². The van der Waals surface area contributed by atoms with Crippen molar-refractivity contribution in [3.8, 4) is 0 Å². The fraction of sp³-hybridized carbons (Fsp3) is 0.636. The van der Waals surface area contributed by atoms with E-state index >= 15 is 0 Å². The maximum atomic E-state index is 12.0. The first-order chi connectivity index (χ1) is 7.63. The Kier molecular flexibility index (Phi) is 3.14. The van der Waals surface area contributed by atoms with E-state index < -0.39 is 0 Å². The second kappa shape index (κ2) is 4.41. The third-order valence-electron chi connectivity index (χ3n) is 2.72. The van der Waals surface area contributed by atoms with Gasteiger partial charge in [0, 0.05) is 0 Å². The number of anilines is 1. The molecule has 1 aromatic heterocycles.